The minimum atomic E-state index is 0.707. The Morgan fingerprint density at radius 2 is 1.46 bits per heavy atom. The smallest absolute Gasteiger partial charge is 0.104 e. The molecular formula is C22H19N3O. The van der Waals surface area contributed by atoms with Crippen molar-refractivity contribution in [2.45, 2.75) is 0 Å². The largest absolute Gasteiger partial charge is 0.341 e. The van der Waals surface area contributed by atoms with E-state index >= 15 is 0 Å². The molecule has 0 saturated heterocycles. The van der Waals surface area contributed by atoms with Crippen molar-refractivity contribution in [3.63, 3.8) is 0 Å². The van der Waals surface area contributed by atoms with Crippen LogP contribution in [0.2, 0.25) is 0 Å². The summed E-state index contributed by atoms with van der Waals surface area (Å²) in [5.74, 6) is 0. The van der Waals surface area contributed by atoms with Gasteiger partial charge in [-0.2, -0.15) is 0 Å². The van der Waals surface area contributed by atoms with Crippen LogP contribution in [0.5, 0.6) is 0 Å². The van der Waals surface area contributed by atoms with Crippen molar-refractivity contribution in [1.29, 1.82) is 0 Å². The number of anilines is 2. The van der Waals surface area contributed by atoms with E-state index in [1.165, 1.54) is 5.06 Å². The van der Waals surface area contributed by atoms with Gasteiger partial charge in [0.05, 0.1) is 28.8 Å². The molecule has 4 aromatic rings. The summed E-state index contributed by atoms with van der Waals surface area (Å²) in [6.45, 7) is 0. The van der Waals surface area contributed by atoms with Crippen LogP contribution in [0.25, 0.3) is 10.9 Å². The molecule has 0 fully saturated rings. The second kappa shape index (κ2) is 6.86. The summed E-state index contributed by atoms with van der Waals surface area (Å²) in [5.41, 5.74) is 4.16. The van der Waals surface area contributed by atoms with E-state index in [1.807, 2.05) is 96.5 Å². The molecule has 128 valence electrons. The predicted molar refractivity (Wildman–Crippen MR) is 107 cm³/mol. The molecule has 1 N–H and O–H groups in total. The van der Waals surface area contributed by atoms with E-state index in [-0.39, 0.29) is 0 Å². The van der Waals surface area contributed by atoms with Crippen molar-refractivity contribution in [2.24, 2.45) is 12.0 Å². The summed E-state index contributed by atoms with van der Waals surface area (Å²) in [6, 6.07) is 27.3. The van der Waals surface area contributed by atoms with Crippen molar-refractivity contribution in [1.82, 2.24) is 4.57 Å². The topological polar surface area (TPSA) is 40.8 Å². The second-order valence-corrected chi connectivity index (χ2v) is 6.05. The van der Waals surface area contributed by atoms with Gasteiger partial charge in [-0.05, 0) is 30.3 Å². The van der Waals surface area contributed by atoms with Crippen LogP contribution in [0.15, 0.2) is 89.9 Å². The minimum Gasteiger partial charge on any atom is -0.341 e. The monoisotopic (exact) mass is 341 g/mol. The molecule has 4 heteroatoms. The van der Waals surface area contributed by atoms with Gasteiger partial charge in [-0.1, -0.05) is 54.6 Å². The number of aromatic nitrogens is 1. The first-order valence-corrected chi connectivity index (χ1v) is 8.46. The van der Waals surface area contributed by atoms with Crippen LogP contribution in [-0.2, 0) is 7.05 Å². The van der Waals surface area contributed by atoms with E-state index in [4.69, 9.17) is 0 Å². The third-order valence-corrected chi connectivity index (χ3v) is 4.43. The number of aryl methyl sites for hydroxylation is 1. The van der Waals surface area contributed by atoms with Gasteiger partial charge in [0, 0.05) is 12.4 Å². The lowest BCUT2D eigenvalue weighted by Crippen LogP contribution is -2.12. The van der Waals surface area contributed by atoms with Gasteiger partial charge in [0.1, 0.15) is 5.69 Å². The molecule has 0 aliphatic carbocycles. The van der Waals surface area contributed by atoms with Crippen LogP contribution in [0.4, 0.5) is 17.1 Å². The molecule has 0 amide bonds. The Hall–Kier alpha value is -3.37. The van der Waals surface area contributed by atoms with Crippen LogP contribution in [0.3, 0.4) is 0 Å². The van der Waals surface area contributed by atoms with Gasteiger partial charge in [0.25, 0.3) is 0 Å². The molecule has 1 heterocycles. The Balaban J connectivity index is 1.89. The molecule has 0 saturated carbocycles. The quantitative estimate of drug-likeness (QED) is 0.396. The van der Waals surface area contributed by atoms with Crippen LogP contribution < -0.4 is 5.06 Å². The fraction of sp³-hybridized carbons (Fsp3) is 0.0455. The molecule has 3 aromatic carbocycles. The maximum atomic E-state index is 10.9. The highest BCUT2D eigenvalue weighted by Gasteiger charge is 2.19. The van der Waals surface area contributed by atoms with Crippen molar-refractivity contribution < 1.29 is 5.21 Å². The molecule has 0 bridgehead atoms. The van der Waals surface area contributed by atoms with E-state index in [9.17, 15) is 5.21 Å². The number of hydrogen-bond donors (Lipinski definition) is 1. The van der Waals surface area contributed by atoms with E-state index in [2.05, 4.69) is 4.99 Å². The van der Waals surface area contributed by atoms with E-state index < -0.39 is 0 Å². The number of hydrogen-bond acceptors (Lipinski definition) is 3. The first kappa shape index (κ1) is 16.1. The van der Waals surface area contributed by atoms with Gasteiger partial charge in [-0.25, -0.2) is 5.06 Å². The highest BCUT2D eigenvalue weighted by molar-refractivity contribution is 6.05. The lowest BCUT2D eigenvalue weighted by Gasteiger charge is -2.17. The molecule has 4 nitrogen and oxygen atoms in total. The van der Waals surface area contributed by atoms with Crippen molar-refractivity contribution in [3.8, 4) is 0 Å². The van der Waals surface area contributed by atoms with E-state index in [0.717, 1.165) is 22.3 Å². The Bertz CT molecular complexity index is 1050. The van der Waals surface area contributed by atoms with Gasteiger partial charge in [-0.3, -0.25) is 10.2 Å². The maximum absolute atomic E-state index is 10.9. The van der Waals surface area contributed by atoms with Gasteiger partial charge in [0.2, 0.25) is 0 Å². The predicted octanol–water partition coefficient (Wildman–Crippen LogP) is 5.46. The van der Waals surface area contributed by atoms with Crippen LogP contribution >= 0.6 is 0 Å². The highest BCUT2D eigenvalue weighted by atomic mass is 16.5. The molecular weight excluding hydrogens is 322 g/mol. The number of nitrogens with zero attached hydrogens (tertiary/aromatic N) is 3. The third-order valence-electron chi connectivity index (χ3n) is 4.43. The molecule has 4 rings (SSSR count). The summed E-state index contributed by atoms with van der Waals surface area (Å²) < 4.78 is 2.04. The van der Waals surface area contributed by atoms with Gasteiger partial charge < -0.3 is 4.57 Å². The fourth-order valence-electron chi connectivity index (χ4n) is 3.11. The van der Waals surface area contributed by atoms with Crippen molar-refractivity contribution >= 4 is 34.2 Å². The molecule has 26 heavy (non-hydrogen) atoms. The van der Waals surface area contributed by atoms with Gasteiger partial charge >= 0.3 is 0 Å². The Morgan fingerprint density at radius 3 is 2.19 bits per heavy atom. The average molecular weight is 341 g/mol. The van der Waals surface area contributed by atoms with Gasteiger partial charge in [-0.15, -0.1) is 0 Å². The molecule has 0 spiro atoms. The highest BCUT2D eigenvalue weighted by Crippen LogP contribution is 2.35. The number of para-hydroxylation sites is 3. The zero-order valence-electron chi connectivity index (χ0n) is 14.4. The van der Waals surface area contributed by atoms with E-state index in [1.54, 1.807) is 6.21 Å². The maximum Gasteiger partial charge on any atom is 0.104 e. The zero-order chi connectivity index (χ0) is 17.9. The van der Waals surface area contributed by atoms with Crippen LogP contribution in [-0.4, -0.2) is 16.0 Å². The standard InChI is InChI=1S/C22H19N3O/c1-24-20-15-9-8-14-19(20)22(25(26)18-12-6-3-7-13-18)21(24)16-23-17-10-4-2-5-11-17/h2-16,26H,1H3. The SMILES string of the molecule is Cn1c(C=Nc2ccccc2)c(N(O)c2ccccc2)c2ccccc21. The fourth-order valence-corrected chi connectivity index (χ4v) is 3.11. The number of benzene rings is 3. The molecule has 0 unspecified atom stereocenters. The van der Waals surface area contributed by atoms with E-state index in [0.29, 0.717) is 11.4 Å². The van der Waals surface area contributed by atoms with Gasteiger partial charge in [0.15, 0.2) is 0 Å². The average Bonchev–Trinajstić information content (AvgIpc) is 2.99. The lowest BCUT2D eigenvalue weighted by molar-refractivity contribution is 0.302. The zero-order valence-corrected chi connectivity index (χ0v) is 14.4. The molecule has 0 aliphatic heterocycles. The van der Waals surface area contributed by atoms with Crippen molar-refractivity contribution in [2.75, 3.05) is 5.06 Å². The number of rotatable bonds is 4. The van der Waals surface area contributed by atoms with Crippen LogP contribution in [0, 0.1) is 0 Å². The summed E-state index contributed by atoms with van der Waals surface area (Å²) in [6.07, 6.45) is 1.80. The van der Waals surface area contributed by atoms with Crippen LogP contribution in [0.1, 0.15) is 5.69 Å². The number of aliphatic imine (C=N–C) groups is 1. The van der Waals surface area contributed by atoms with Crippen molar-refractivity contribution in [3.05, 3.63) is 90.6 Å². The minimum absolute atomic E-state index is 0.707. The first-order valence-electron chi connectivity index (χ1n) is 8.46. The second-order valence-electron chi connectivity index (χ2n) is 6.05. The summed E-state index contributed by atoms with van der Waals surface area (Å²) >= 11 is 0. The normalized spacial score (nSPS) is 11.3. The summed E-state index contributed by atoms with van der Waals surface area (Å²) in [5, 5.41) is 13.1. The molecule has 0 aliphatic rings. The lowest BCUT2D eigenvalue weighted by atomic mass is 10.2. The first-order chi connectivity index (χ1) is 12.8. The summed E-state index contributed by atoms with van der Waals surface area (Å²) in [7, 11) is 1.98. The summed E-state index contributed by atoms with van der Waals surface area (Å²) in [4.78, 5) is 4.59. The molecule has 0 atom stereocenters. The molecule has 1 aromatic heterocycles. The third kappa shape index (κ3) is 2.87. The Kier molecular flexibility index (Phi) is 4.25. The molecule has 0 radical (unpaired) electrons. The number of fused-ring (bicyclic) bond motifs is 1. The Morgan fingerprint density at radius 1 is 0.846 bits per heavy atom. The Labute approximate surface area is 152 Å².